The van der Waals surface area contributed by atoms with Crippen LogP contribution in [0.4, 0.5) is 0 Å². The van der Waals surface area contributed by atoms with E-state index in [4.69, 9.17) is 11.6 Å². The molecule has 1 N–H and O–H groups in total. The molecule has 1 fully saturated rings. The van der Waals surface area contributed by atoms with E-state index < -0.39 is 0 Å². The quantitative estimate of drug-likeness (QED) is 0.767. The number of pyridine rings is 1. The van der Waals surface area contributed by atoms with Crippen LogP contribution in [-0.4, -0.2) is 27.9 Å². The van der Waals surface area contributed by atoms with Crippen molar-refractivity contribution >= 4 is 22.6 Å². The second-order valence-corrected chi connectivity index (χ2v) is 3.84. The van der Waals surface area contributed by atoms with E-state index in [2.05, 4.69) is 15.4 Å². The van der Waals surface area contributed by atoms with Gasteiger partial charge in [0.25, 0.3) is 0 Å². The molecule has 4 nitrogen and oxygen atoms in total. The molecule has 1 saturated heterocycles. The van der Waals surface area contributed by atoms with Gasteiger partial charge >= 0.3 is 0 Å². The Balaban J connectivity index is 2.20. The Hall–Kier alpha value is -1.13. The highest BCUT2D eigenvalue weighted by molar-refractivity contribution is 6.35. The van der Waals surface area contributed by atoms with Gasteiger partial charge in [-0.3, -0.25) is 0 Å². The molecule has 3 heterocycles. The third-order valence-electron chi connectivity index (χ3n) is 2.55. The maximum atomic E-state index is 6.03. The summed E-state index contributed by atoms with van der Waals surface area (Å²) >= 11 is 6.03. The van der Waals surface area contributed by atoms with E-state index in [0.717, 1.165) is 24.1 Å². The summed E-state index contributed by atoms with van der Waals surface area (Å²) in [6.45, 7) is 1.93. The van der Waals surface area contributed by atoms with Crippen LogP contribution < -0.4 is 5.32 Å². The zero-order valence-electron chi connectivity index (χ0n) is 7.44. The summed E-state index contributed by atoms with van der Waals surface area (Å²) in [4.78, 5) is 4.29. The lowest BCUT2D eigenvalue weighted by Crippen LogP contribution is -2.43. The molecule has 0 aliphatic carbocycles. The Morgan fingerprint density at radius 1 is 1.50 bits per heavy atom. The number of nitrogens with one attached hydrogen (secondary N) is 1. The van der Waals surface area contributed by atoms with Gasteiger partial charge in [-0.15, -0.1) is 0 Å². The van der Waals surface area contributed by atoms with E-state index in [0.29, 0.717) is 11.1 Å². The molecule has 2 aromatic heterocycles. The fourth-order valence-electron chi connectivity index (χ4n) is 1.63. The monoisotopic (exact) mass is 208 g/mol. The van der Waals surface area contributed by atoms with Crippen molar-refractivity contribution in [3.8, 4) is 0 Å². The smallest absolute Gasteiger partial charge is 0.159 e. The summed E-state index contributed by atoms with van der Waals surface area (Å²) < 4.78 is 1.94. The van der Waals surface area contributed by atoms with Crippen LogP contribution in [0.1, 0.15) is 6.04 Å². The summed E-state index contributed by atoms with van der Waals surface area (Å²) in [5, 5.41) is 9.16. The standard InChI is InChI=1S/C9H9ClN4/c10-8-1-2-12-9-7(8)5-13-14(9)6-3-11-4-6/h1-2,5-6,11H,3-4H2. The Bertz CT molecular complexity index is 475. The first-order valence-corrected chi connectivity index (χ1v) is 4.92. The van der Waals surface area contributed by atoms with Gasteiger partial charge < -0.3 is 5.32 Å². The number of fused-ring (bicyclic) bond motifs is 1. The van der Waals surface area contributed by atoms with Gasteiger partial charge in [-0.25, -0.2) is 9.67 Å². The third kappa shape index (κ3) is 1.04. The predicted octanol–water partition coefficient (Wildman–Crippen LogP) is 1.23. The van der Waals surface area contributed by atoms with E-state index in [9.17, 15) is 0 Å². The maximum absolute atomic E-state index is 6.03. The maximum Gasteiger partial charge on any atom is 0.159 e. The average molecular weight is 209 g/mol. The fraction of sp³-hybridized carbons (Fsp3) is 0.333. The molecule has 0 radical (unpaired) electrons. The van der Waals surface area contributed by atoms with Crippen molar-refractivity contribution in [2.45, 2.75) is 6.04 Å². The molecule has 3 rings (SSSR count). The van der Waals surface area contributed by atoms with Gasteiger partial charge in [-0.2, -0.15) is 5.10 Å². The largest absolute Gasteiger partial charge is 0.312 e. The van der Waals surface area contributed by atoms with Crippen LogP contribution >= 0.6 is 11.6 Å². The minimum Gasteiger partial charge on any atom is -0.312 e. The minimum absolute atomic E-state index is 0.429. The van der Waals surface area contributed by atoms with Crippen LogP contribution in [0.15, 0.2) is 18.5 Å². The van der Waals surface area contributed by atoms with E-state index >= 15 is 0 Å². The second kappa shape index (κ2) is 2.93. The number of hydrogen-bond acceptors (Lipinski definition) is 3. The lowest BCUT2D eigenvalue weighted by molar-refractivity contribution is 0.325. The summed E-state index contributed by atoms with van der Waals surface area (Å²) in [5.74, 6) is 0. The summed E-state index contributed by atoms with van der Waals surface area (Å²) in [7, 11) is 0. The van der Waals surface area contributed by atoms with Crippen LogP contribution in [0.25, 0.3) is 11.0 Å². The van der Waals surface area contributed by atoms with Gasteiger partial charge in [0.1, 0.15) is 0 Å². The number of hydrogen-bond donors (Lipinski definition) is 1. The number of halogens is 1. The summed E-state index contributed by atoms with van der Waals surface area (Å²) in [6.07, 6.45) is 3.50. The Morgan fingerprint density at radius 2 is 2.36 bits per heavy atom. The zero-order valence-corrected chi connectivity index (χ0v) is 8.20. The van der Waals surface area contributed by atoms with Crippen molar-refractivity contribution in [2.24, 2.45) is 0 Å². The Kier molecular flexibility index (Phi) is 1.72. The molecule has 0 bridgehead atoms. The van der Waals surface area contributed by atoms with E-state index in [-0.39, 0.29) is 0 Å². The lowest BCUT2D eigenvalue weighted by Gasteiger charge is -2.27. The second-order valence-electron chi connectivity index (χ2n) is 3.43. The van der Waals surface area contributed by atoms with Crippen LogP contribution in [-0.2, 0) is 0 Å². The summed E-state index contributed by atoms with van der Waals surface area (Å²) in [5.41, 5.74) is 0.879. The van der Waals surface area contributed by atoms with Gasteiger partial charge in [-0.05, 0) is 6.07 Å². The van der Waals surface area contributed by atoms with Gasteiger partial charge in [0, 0.05) is 19.3 Å². The third-order valence-corrected chi connectivity index (χ3v) is 2.88. The molecule has 1 aliphatic rings. The Labute approximate surface area is 85.9 Å². The first-order valence-electron chi connectivity index (χ1n) is 4.55. The van der Waals surface area contributed by atoms with Gasteiger partial charge in [0.15, 0.2) is 5.65 Å². The SMILES string of the molecule is Clc1ccnc2c1cnn2C1CNC1. The van der Waals surface area contributed by atoms with Crippen LogP contribution in [0.2, 0.25) is 5.02 Å². The molecule has 0 atom stereocenters. The number of aromatic nitrogens is 3. The molecule has 0 unspecified atom stereocenters. The normalized spacial score (nSPS) is 17.2. The van der Waals surface area contributed by atoms with Crippen molar-refractivity contribution in [3.05, 3.63) is 23.5 Å². The first-order chi connectivity index (χ1) is 6.86. The van der Waals surface area contributed by atoms with Crippen molar-refractivity contribution in [1.82, 2.24) is 20.1 Å². The molecular weight excluding hydrogens is 200 g/mol. The van der Waals surface area contributed by atoms with E-state index in [1.165, 1.54) is 0 Å². The molecule has 0 aromatic carbocycles. The first kappa shape index (κ1) is 8.20. The van der Waals surface area contributed by atoms with Crippen molar-refractivity contribution in [1.29, 1.82) is 0 Å². The molecule has 5 heteroatoms. The topological polar surface area (TPSA) is 42.7 Å². The van der Waals surface area contributed by atoms with Gasteiger partial charge in [-0.1, -0.05) is 11.6 Å². The average Bonchev–Trinajstić information content (AvgIpc) is 2.48. The van der Waals surface area contributed by atoms with Crippen molar-refractivity contribution < 1.29 is 0 Å². The van der Waals surface area contributed by atoms with Gasteiger partial charge in [0.2, 0.25) is 0 Å². The minimum atomic E-state index is 0.429. The molecular formula is C9H9ClN4. The van der Waals surface area contributed by atoms with Crippen molar-refractivity contribution in [3.63, 3.8) is 0 Å². The molecule has 14 heavy (non-hydrogen) atoms. The van der Waals surface area contributed by atoms with Crippen LogP contribution in [0.3, 0.4) is 0 Å². The molecule has 72 valence electrons. The Morgan fingerprint density at radius 3 is 3.07 bits per heavy atom. The highest BCUT2D eigenvalue weighted by atomic mass is 35.5. The highest BCUT2D eigenvalue weighted by Crippen LogP contribution is 2.23. The lowest BCUT2D eigenvalue weighted by atomic mass is 10.2. The highest BCUT2D eigenvalue weighted by Gasteiger charge is 2.22. The molecule has 0 amide bonds. The molecule has 0 spiro atoms. The van der Waals surface area contributed by atoms with E-state index in [1.807, 2.05) is 4.68 Å². The fourth-order valence-corrected chi connectivity index (χ4v) is 1.82. The van der Waals surface area contributed by atoms with Crippen molar-refractivity contribution in [2.75, 3.05) is 13.1 Å². The predicted molar refractivity (Wildman–Crippen MR) is 54.4 cm³/mol. The van der Waals surface area contributed by atoms with Crippen LogP contribution in [0, 0.1) is 0 Å². The number of nitrogens with zero attached hydrogens (tertiary/aromatic N) is 3. The molecule has 2 aromatic rings. The molecule has 1 aliphatic heterocycles. The van der Waals surface area contributed by atoms with E-state index in [1.54, 1.807) is 18.5 Å². The van der Waals surface area contributed by atoms with Gasteiger partial charge in [0.05, 0.1) is 22.6 Å². The van der Waals surface area contributed by atoms with Crippen LogP contribution in [0.5, 0.6) is 0 Å². The molecule has 0 saturated carbocycles. The number of rotatable bonds is 1. The summed E-state index contributed by atoms with van der Waals surface area (Å²) in [6, 6.07) is 2.22. The zero-order chi connectivity index (χ0) is 9.54.